The molecule has 106 valence electrons. The summed E-state index contributed by atoms with van der Waals surface area (Å²) in [5, 5.41) is 3.07. The Morgan fingerprint density at radius 3 is 2.67 bits per heavy atom. The molecule has 3 nitrogen and oxygen atoms in total. The Bertz CT molecular complexity index is 243. The predicted octanol–water partition coefficient (Wildman–Crippen LogP) is 2.69. The molecule has 1 aliphatic carbocycles. The van der Waals surface area contributed by atoms with Crippen molar-refractivity contribution in [1.82, 2.24) is 5.32 Å². The summed E-state index contributed by atoms with van der Waals surface area (Å²) in [7, 11) is 0. The smallest absolute Gasteiger partial charge is 0.224 e. The number of unbranched alkanes of at least 4 members (excludes halogenated alkanes) is 1. The zero-order chi connectivity index (χ0) is 13.5. The van der Waals surface area contributed by atoms with Gasteiger partial charge in [-0.1, -0.05) is 40.0 Å². The van der Waals surface area contributed by atoms with Crippen molar-refractivity contribution < 1.29 is 4.79 Å². The average molecular weight is 254 g/mol. The molecule has 0 bridgehead atoms. The Balaban J connectivity index is 2.22. The van der Waals surface area contributed by atoms with Crippen molar-refractivity contribution in [3.8, 4) is 0 Å². The van der Waals surface area contributed by atoms with Gasteiger partial charge < -0.3 is 11.1 Å². The lowest BCUT2D eigenvalue weighted by Crippen LogP contribution is -2.47. The van der Waals surface area contributed by atoms with Crippen LogP contribution in [0.5, 0.6) is 0 Å². The van der Waals surface area contributed by atoms with E-state index in [1.54, 1.807) is 0 Å². The molecule has 1 saturated carbocycles. The maximum Gasteiger partial charge on any atom is 0.224 e. The third-order valence-corrected chi connectivity index (χ3v) is 4.08. The second kappa shape index (κ2) is 7.78. The van der Waals surface area contributed by atoms with E-state index in [1.807, 2.05) is 0 Å². The minimum absolute atomic E-state index is 0.0313. The maximum atomic E-state index is 12.1. The minimum Gasteiger partial charge on any atom is -0.356 e. The van der Waals surface area contributed by atoms with Gasteiger partial charge in [-0.3, -0.25) is 4.79 Å². The quantitative estimate of drug-likeness (QED) is 0.716. The van der Waals surface area contributed by atoms with Crippen molar-refractivity contribution in [3.05, 3.63) is 0 Å². The fourth-order valence-corrected chi connectivity index (χ4v) is 2.92. The maximum absolute atomic E-state index is 12.1. The summed E-state index contributed by atoms with van der Waals surface area (Å²) in [6.45, 7) is 7.44. The van der Waals surface area contributed by atoms with Gasteiger partial charge >= 0.3 is 0 Å². The van der Waals surface area contributed by atoms with Crippen LogP contribution in [0.3, 0.4) is 0 Å². The van der Waals surface area contributed by atoms with E-state index in [-0.39, 0.29) is 17.9 Å². The molecule has 1 amide bonds. The molecule has 0 saturated heterocycles. The zero-order valence-corrected chi connectivity index (χ0v) is 12.2. The van der Waals surface area contributed by atoms with Crippen LogP contribution in [0.2, 0.25) is 0 Å². The molecule has 1 fully saturated rings. The molecule has 1 aliphatic rings. The number of carbonyl (C=O) groups excluding carboxylic acids is 1. The Labute approximate surface area is 112 Å². The van der Waals surface area contributed by atoms with Crippen molar-refractivity contribution >= 4 is 5.91 Å². The van der Waals surface area contributed by atoms with E-state index >= 15 is 0 Å². The highest BCUT2D eigenvalue weighted by molar-refractivity contribution is 5.79. The third-order valence-electron chi connectivity index (χ3n) is 4.08. The molecular weight excluding hydrogens is 224 g/mol. The topological polar surface area (TPSA) is 55.1 Å². The monoisotopic (exact) mass is 254 g/mol. The number of hydrogen-bond acceptors (Lipinski definition) is 2. The third kappa shape index (κ3) is 4.97. The van der Waals surface area contributed by atoms with Crippen LogP contribution in [0.1, 0.15) is 59.3 Å². The Morgan fingerprint density at radius 1 is 1.33 bits per heavy atom. The predicted molar refractivity (Wildman–Crippen MR) is 76.2 cm³/mol. The summed E-state index contributed by atoms with van der Waals surface area (Å²) in [5.41, 5.74) is 6.08. The number of nitrogens with one attached hydrogen (secondary N) is 1. The first-order chi connectivity index (χ1) is 8.52. The Kier molecular flexibility index (Phi) is 6.69. The largest absolute Gasteiger partial charge is 0.356 e. The first kappa shape index (κ1) is 15.5. The molecule has 0 aromatic rings. The van der Waals surface area contributed by atoms with Gasteiger partial charge in [0.05, 0.1) is 5.92 Å². The molecule has 3 heteroatoms. The summed E-state index contributed by atoms with van der Waals surface area (Å²) in [6, 6.07) is 0.0596. The normalized spacial score (nSPS) is 28.4. The number of carbonyl (C=O) groups is 1. The zero-order valence-electron chi connectivity index (χ0n) is 12.2. The van der Waals surface area contributed by atoms with E-state index in [9.17, 15) is 4.79 Å². The molecule has 18 heavy (non-hydrogen) atoms. The highest BCUT2D eigenvalue weighted by Crippen LogP contribution is 2.28. The van der Waals surface area contributed by atoms with Gasteiger partial charge in [0, 0.05) is 12.6 Å². The van der Waals surface area contributed by atoms with E-state index in [4.69, 9.17) is 5.73 Å². The van der Waals surface area contributed by atoms with Crippen LogP contribution in [-0.4, -0.2) is 18.5 Å². The molecule has 0 aromatic carbocycles. The molecule has 0 aliphatic heterocycles. The van der Waals surface area contributed by atoms with Crippen LogP contribution in [-0.2, 0) is 4.79 Å². The second-order valence-corrected chi connectivity index (χ2v) is 6.28. The van der Waals surface area contributed by atoms with E-state index in [0.29, 0.717) is 5.92 Å². The number of nitrogens with two attached hydrogens (primary N) is 1. The molecule has 0 radical (unpaired) electrons. The van der Waals surface area contributed by atoms with Crippen molar-refractivity contribution in [3.63, 3.8) is 0 Å². The van der Waals surface area contributed by atoms with Gasteiger partial charge in [0.1, 0.15) is 0 Å². The fourth-order valence-electron chi connectivity index (χ4n) is 2.92. The van der Waals surface area contributed by atoms with Crippen LogP contribution in [0.4, 0.5) is 0 Å². The van der Waals surface area contributed by atoms with Gasteiger partial charge in [-0.2, -0.15) is 0 Å². The van der Waals surface area contributed by atoms with Crippen LogP contribution in [0.15, 0.2) is 0 Å². The number of hydrogen-bond donors (Lipinski definition) is 2. The number of rotatable bonds is 6. The van der Waals surface area contributed by atoms with Crippen LogP contribution >= 0.6 is 0 Å². The second-order valence-electron chi connectivity index (χ2n) is 6.28. The molecule has 1 rings (SSSR count). The highest BCUT2D eigenvalue weighted by atomic mass is 16.1. The van der Waals surface area contributed by atoms with Gasteiger partial charge in [-0.25, -0.2) is 0 Å². The lowest BCUT2D eigenvalue weighted by atomic mass is 9.76. The molecule has 0 spiro atoms. The van der Waals surface area contributed by atoms with Crippen molar-refractivity contribution in [2.75, 3.05) is 6.54 Å². The summed E-state index contributed by atoms with van der Waals surface area (Å²) < 4.78 is 0. The molecule has 0 aromatic heterocycles. The molecule has 3 N–H and O–H groups in total. The summed E-state index contributed by atoms with van der Waals surface area (Å²) in [6.07, 6.45) is 6.83. The first-order valence-corrected chi connectivity index (χ1v) is 7.55. The van der Waals surface area contributed by atoms with Crippen molar-refractivity contribution in [1.29, 1.82) is 0 Å². The van der Waals surface area contributed by atoms with Gasteiger partial charge in [0.15, 0.2) is 0 Å². The van der Waals surface area contributed by atoms with Crippen LogP contribution in [0.25, 0.3) is 0 Å². The van der Waals surface area contributed by atoms with Crippen molar-refractivity contribution in [2.45, 2.75) is 65.3 Å². The summed E-state index contributed by atoms with van der Waals surface area (Å²) in [4.78, 5) is 12.1. The molecule has 3 atom stereocenters. The van der Waals surface area contributed by atoms with Crippen molar-refractivity contribution in [2.24, 2.45) is 23.5 Å². The lowest BCUT2D eigenvalue weighted by molar-refractivity contribution is -0.128. The van der Waals surface area contributed by atoms with Crippen LogP contribution < -0.4 is 11.1 Å². The van der Waals surface area contributed by atoms with E-state index in [1.165, 1.54) is 19.3 Å². The van der Waals surface area contributed by atoms with Crippen LogP contribution in [0, 0.1) is 17.8 Å². The average Bonchev–Trinajstić information content (AvgIpc) is 2.27. The Morgan fingerprint density at radius 2 is 2.06 bits per heavy atom. The van der Waals surface area contributed by atoms with Gasteiger partial charge in [0.25, 0.3) is 0 Å². The highest BCUT2D eigenvalue weighted by Gasteiger charge is 2.33. The first-order valence-electron chi connectivity index (χ1n) is 7.55. The fraction of sp³-hybridized carbons (Fsp3) is 0.933. The summed E-state index contributed by atoms with van der Waals surface area (Å²) in [5.74, 6) is 1.40. The lowest BCUT2D eigenvalue weighted by Gasteiger charge is -2.33. The molecular formula is C15H30N2O. The Hall–Kier alpha value is -0.570. The van der Waals surface area contributed by atoms with E-state index < -0.39 is 0 Å². The number of amides is 1. The SMILES string of the molecule is CC(C)CCCCNC(=O)C1C(C)CCCC1N. The van der Waals surface area contributed by atoms with Gasteiger partial charge in [0.2, 0.25) is 5.91 Å². The minimum atomic E-state index is 0.0313. The summed E-state index contributed by atoms with van der Waals surface area (Å²) >= 11 is 0. The van der Waals surface area contributed by atoms with Gasteiger partial charge in [-0.05, 0) is 31.1 Å². The standard InChI is InChI=1S/C15H30N2O/c1-11(2)7-4-5-10-17-15(18)14-12(3)8-6-9-13(14)16/h11-14H,4-10,16H2,1-3H3,(H,17,18). The molecule has 0 heterocycles. The molecule has 3 unspecified atom stereocenters. The van der Waals surface area contributed by atoms with E-state index in [2.05, 4.69) is 26.1 Å². The van der Waals surface area contributed by atoms with Gasteiger partial charge in [-0.15, -0.1) is 0 Å². The van der Waals surface area contributed by atoms with E-state index in [0.717, 1.165) is 31.7 Å².